The van der Waals surface area contributed by atoms with Crippen molar-refractivity contribution in [2.45, 2.75) is 12.3 Å². The van der Waals surface area contributed by atoms with Crippen LogP contribution in [0.2, 0.25) is 0 Å². The zero-order chi connectivity index (χ0) is 14.8. The lowest BCUT2D eigenvalue weighted by atomic mass is 9.89. The SMILES string of the molecule is COC(=O)C1CNCC1c1ccc(OC(F)(F)F)cc1. The van der Waals surface area contributed by atoms with E-state index in [4.69, 9.17) is 4.74 Å². The van der Waals surface area contributed by atoms with E-state index in [9.17, 15) is 18.0 Å². The van der Waals surface area contributed by atoms with Crippen LogP contribution in [0.25, 0.3) is 0 Å². The van der Waals surface area contributed by atoms with Gasteiger partial charge in [-0.25, -0.2) is 0 Å². The van der Waals surface area contributed by atoms with Gasteiger partial charge in [0.25, 0.3) is 0 Å². The monoisotopic (exact) mass is 289 g/mol. The molecular formula is C13H14F3NO3. The number of benzene rings is 1. The van der Waals surface area contributed by atoms with E-state index in [1.807, 2.05) is 0 Å². The highest BCUT2D eigenvalue weighted by Gasteiger charge is 2.35. The molecule has 0 aliphatic carbocycles. The average molecular weight is 289 g/mol. The molecule has 4 nitrogen and oxygen atoms in total. The number of ether oxygens (including phenoxy) is 2. The highest BCUT2D eigenvalue weighted by Crippen LogP contribution is 2.31. The Morgan fingerprint density at radius 2 is 1.90 bits per heavy atom. The normalized spacial score (nSPS) is 22.6. The van der Waals surface area contributed by atoms with E-state index in [-0.39, 0.29) is 23.6 Å². The first-order valence-corrected chi connectivity index (χ1v) is 6.05. The average Bonchev–Trinajstić information content (AvgIpc) is 2.86. The van der Waals surface area contributed by atoms with Crippen LogP contribution >= 0.6 is 0 Å². The van der Waals surface area contributed by atoms with Crippen molar-refractivity contribution in [2.24, 2.45) is 5.92 Å². The predicted octanol–water partition coefficient (Wildman–Crippen LogP) is 2.06. The number of hydrogen-bond acceptors (Lipinski definition) is 4. The fourth-order valence-electron chi connectivity index (χ4n) is 2.34. The summed E-state index contributed by atoms with van der Waals surface area (Å²) >= 11 is 0. The number of halogens is 3. The topological polar surface area (TPSA) is 47.6 Å². The number of esters is 1. The minimum atomic E-state index is -4.70. The van der Waals surface area contributed by atoms with Crippen LogP contribution in [-0.2, 0) is 9.53 Å². The molecule has 110 valence electrons. The Kier molecular flexibility index (Phi) is 4.17. The first-order valence-electron chi connectivity index (χ1n) is 6.05. The summed E-state index contributed by atoms with van der Waals surface area (Å²) in [6.45, 7) is 1.08. The maximum atomic E-state index is 12.1. The second kappa shape index (κ2) is 5.70. The highest BCUT2D eigenvalue weighted by molar-refractivity contribution is 5.74. The van der Waals surface area contributed by atoms with Crippen molar-refractivity contribution in [2.75, 3.05) is 20.2 Å². The summed E-state index contributed by atoms with van der Waals surface area (Å²) in [5.74, 6) is -1.03. The van der Waals surface area contributed by atoms with Gasteiger partial charge in [-0.1, -0.05) is 12.1 Å². The lowest BCUT2D eigenvalue weighted by Gasteiger charge is -2.17. The maximum Gasteiger partial charge on any atom is 0.573 e. The Hall–Kier alpha value is -1.76. The van der Waals surface area contributed by atoms with Crippen LogP contribution in [0, 0.1) is 5.92 Å². The zero-order valence-electron chi connectivity index (χ0n) is 10.7. The summed E-state index contributed by atoms with van der Waals surface area (Å²) < 4.78 is 44.7. The van der Waals surface area contributed by atoms with Gasteiger partial charge in [-0.3, -0.25) is 4.79 Å². The van der Waals surface area contributed by atoms with Crippen LogP contribution in [-0.4, -0.2) is 32.5 Å². The first-order chi connectivity index (χ1) is 9.40. The van der Waals surface area contributed by atoms with E-state index < -0.39 is 6.36 Å². The van der Waals surface area contributed by atoms with Gasteiger partial charge in [-0.2, -0.15) is 0 Å². The molecule has 1 heterocycles. The number of nitrogens with one attached hydrogen (secondary N) is 1. The third-order valence-corrected chi connectivity index (χ3v) is 3.26. The molecule has 0 radical (unpaired) electrons. The first kappa shape index (κ1) is 14.6. The lowest BCUT2D eigenvalue weighted by Crippen LogP contribution is -2.23. The quantitative estimate of drug-likeness (QED) is 0.865. The van der Waals surface area contributed by atoms with Crippen molar-refractivity contribution in [3.05, 3.63) is 29.8 Å². The van der Waals surface area contributed by atoms with Crippen LogP contribution in [0.3, 0.4) is 0 Å². The lowest BCUT2D eigenvalue weighted by molar-refractivity contribution is -0.274. The number of carbonyl (C=O) groups excluding carboxylic acids is 1. The molecule has 1 aliphatic rings. The largest absolute Gasteiger partial charge is 0.573 e. The molecule has 0 amide bonds. The molecule has 0 spiro atoms. The summed E-state index contributed by atoms with van der Waals surface area (Å²) in [6.07, 6.45) is -4.70. The highest BCUT2D eigenvalue weighted by atomic mass is 19.4. The molecule has 0 bridgehead atoms. The van der Waals surface area contributed by atoms with E-state index >= 15 is 0 Å². The molecule has 20 heavy (non-hydrogen) atoms. The van der Waals surface area contributed by atoms with Gasteiger partial charge in [0.05, 0.1) is 13.0 Å². The van der Waals surface area contributed by atoms with Crippen molar-refractivity contribution in [1.82, 2.24) is 5.32 Å². The Balaban J connectivity index is 2.11. The van der Waals surface area contributed by atoms with Crippen LogP contribution in [0.4, 0.5) is 13.2 Å². The summed E-state index contributed by atoms with van der Waals surface area (Å²) in [5, 5.41) is 3.08. The Morgan fingerprint density at radius 3 is 2.45 bits per heavy atom. The smallest absolute Gasteiger partial charge is 0.469 e. The van der Waals surface area contributed by atoms with Gasteiger partial charge < -0.3 is 14.8 Å². The van der Waals surface area contributed by atoms with Gasteiger partial charge in [0.2, 0.25) is 0 Å². The van der Waals surface area contributed by atoms with Crippen molar-refractivity contribution in [3.63, 3.8) is 0 Å². The van der Waals surface area contributed by atoms with E-state index in [0.29, 0.717) is 13.1 Å². The van der Waals surface area contributed by atoms with Gasteiger partial charge in [-0.15, -0.1) is 13.2 Å². The van der Waals surface area contributed by atoms with Gasteiger partial charge in [0.15, 0.2) is 0 Å². The number of hydrogen-bond donors (Lipinski definition) is 1. The molecule has 0 saturated carbocycles. The van der Waals surface area contributed by atoms with Gasteiger partial charge in [-0.05, 0) is 17.7 Å². The maximum absolute atomic E-state index is 12.1. The van der Waals surface area contributed by atoms with Crippen molar-refractivity contribution in [3.8, 4) is 5.75 Å². The molecule has 2 rings (SSSR count). The van der Waals surface area contributed by atoms with Crippen LogP contribution in [0.15, 0.2) is 24.3 Å². The van der Waals surface area contributed by atoms with Crippen molar-refractivity contribution < 1.29 is 27.4 Å². The van der Waals surface area contributed by atoms with E-state index in [2.05, 4.69) is 10.1 Å². The molecule has 7 heteroatoms. The Labute approximate surface area is 113 Å². The van der Waals surface area contributed by atoms with Gasteiger partial charge in [0, 0.05) is 19.0 Å². The molecule has 2 atom stereocenters. The third-order valence-electron chi connectivity index (χ3n) is 3.26. The van der Waals surface area contributed by atoms with E-state index in [0.717, 1.165) is 5.56 Å². The Bertz CT molecular complexity index is 473. The molecule has 1 aromatic carbocycles. The van der Waals surface area contributed by atoms with Crippen molar-refractivity contribution in [1.29, 1.82) is 0 Å². The number of carbonyl (C=O) groups is 1. The molecular weight excluding hydrogens is 275 g/mol. The number of rotatable bonds is 3. The Morgan fingerprint density at radius 1 is 1.25 bits per heavy atom. The van der Waals surface area contributed by atoms with Crippen LogP contribution < -0.4 is 10.1 Å². The number of methoxy groups -OCH3 is 1. The standard InChI is InChI=1S/C13H14F3NO3/c1-19-12(18)11-7-17-6-10(11)8-2-4-9(5-3-8)20-13(14,15)16/h2-5,10-11,17H,6-7H2,1H3. The molecule has 1 aromatic rings. The molecule has 1 N–H and O–H groups in total. The molecule has 1 aliphatic heterocycles. The number of alkyl halides is 3. The van der Waals surface area contributed by atoms with Crippen LogP contribution in [0.1, 0.15) is 11.5 Å². The van der Waals surface area contributed by atoms with Gasteiger partial charge in [0.1, 0.15) is 5.75 Å². The fraction of sp³-hybridized carbons (Fsp3) is 0.462. The van der Waals surface area contributed by atoms with Crippen molar-refractivity contribution >= 4 is 5.97 Å². The minimum absolute atomic E-state index is 0.109. The van der Waals surface area contributed by atoms with Gasteiger partial charge >= 0.3 is 12.3 Å². The summed E-state index contributed by atoms with van der Waals surface area (Å²) in [6, 6.07) is 5.56. The second-order valence-electron chi connectivity index (χ2n) is 4.51. The molecule has 0 aromatic heterocycles. The summed E-state index contributed by atoms with van der Waals surface area (Å²) in [4.78, 5) is 11.6. The van der Waals surface area contributed by atoms with Crippen LogP contribution in [0.5, 0.6) is 5.75 Å². The third kappa shape index (κ3) is 3.41. The zero-order valence-corrected chi connectivity index (χ0v) is 10.7. The molecule has 1 saturated heterocycles. The fourth-order valence-corrected chi connectivity index (χ4v) is 2.34. The van der Waals surface area contributed by atoms with E-state index in [1.54, 1.807) is 0 Å². The predicted molar refractivity (Wildman–Crippen MR) is 64.2 cm³/mol. The molecule has 2 unspecified atom stereocenters. The molecule has 1 fully saturated rings. The second-order valence-corrected chi connectivity index (χ2v) is 4.51. The minimum Gasteiger partial charge on any atom is -0.469 e. The van der Waals surface area contributed by atoms with E-state index in [1.165, 1.54) is 31.4 Å². The summed E-state index contributed by atoms with van der Waals surface area (Å²) in [7, 11) is 1.32. The summed E-state index contributed by atoms with van der Waals surface area (Å²) in [5.41, 5.74) is 0.778.